The molecular weight excluding hydrogens is 258 g/mol. The summed E-state index contributed by atoms with van der Waals surface area (Å²) in [5, 5.41) is 4.91. The fourth-order valence-electron chi connectivity index (χ4n) is 1.98. The van der Waals surface area contributed by atoms with Crippen LogP contribution in [-0.4, -0.2) is 56.5 Å². The lowest BCUT2D eigenvalue weighted by atomic mass is 10.2. The van der Waals surface area contributed by atoms with Crippen molar-refractivity contribution in [3.05, 3.63) is 0 Å². The van der Waals surface area contributed by atoms with Gasteiger partial charge in [-0.1, -0.05) is 0 Å². The SMILES string of the molecule is CNC(=O)[C@@H]1CCCN1S(=O)(=O)CCNC(C)=O. The molecule has 0 radical (unpaired) electrons. The summed E-state index contributed by atoms with van der Waals surface area (Å²) in [7, 11) is -2.01. The van der Waals surface area contributed by atoms with Gasteiger partial charge in [0.1, 0.15) is 6.04 Å². The second-order valence-corrected chi connectivity index (χ2v) is 6.22. The Kier molecular flexibility index (Phi) is 5.09. The lowest BCUT2D eigenvalue weighted by molar-refractivity contribution is -0.123. The zero-order valence-electron chi connectivity index (χ0n) is 10.6. The molecule has 0 aromatic rings. The summed E-state index contributed by atoms with van der Waals surface area (Å²) in [5.74, 6) is -0.731. The van der Waals surface area contributed by atoms with Crippen LogP contribution in [0.15, 0.2) is 0 Å². The first-order valence-corrected chi connectivity index (χ1v) is 7.45. The van der Waals surface area contributed by atoms with Crippen LogP contribution in [0.2, 0.25) is 0 Å². The average Bonchev–Trinajstić information content (AvgIpc) is 2.76. The summed E-state index contributed by atoms with van der Waals surface area (Å²) in [5.41, 5.74) is 0. The van der Waals surface area contributed by atoms with Crippen molar-refractivity contribution in [1.29, 1.82) is 0 Å². The Balaban J connectivity index is 2.66. The summed E-state index contributed by atoms with van der Waals surface area (Å²) >= 11 is 0. The lowest BCUT2D eigenvalue weighted by Gasteiger charge is -2.22. The Labute approximate surface area is 107 Å². The minimum absolute atomic E-state index is 0.0641. The van der Waals surface area contributed by atoms with Crippen LogP contribution in [0.4, 0.5) is 0 Å². The fraction of sp³-hybridized carbons (Fsp3) is 0.800. The molecule has 104 valence electrons. The summed E-state index contributed by atoms with van der Waals surface area (Å²) in [6, 6.07) is -0.614. The predicted octanol–water partition coefficient (Wildman–Crippen LogP) is -1.34. The Morgan fingerprint density at radius 1 is 1.39 bits per heavy atom. The number of nitrogens with one attached hydrogen (secondary N) is 2. The quantitative estimate of drug-likeness (QED) is 0.650. The number of carbonyl (C=O) groups is 2. The van der Waals surface area contributed by atoms with Crippen molar-refractivity contribution in [1.82, 2.24) is 14.9 Å². The van der Waals surface area contributed by atoms with E-state index in [1.807, 2.05) is 0 Å². The third-order valence-corrected chi connectivity index (χ3v) is 4.72. The van der Waals surface area contributed by atoms with E-state index < -0.39 is 16.1 Å². The molecule has 0 aromatic carbocycles. The van der Waals surface area contributed by atoms with Gasteiger partial charge in [-0.25, -0.2) is 8.42 Å². The van der Waals surface area contributed by atoms with Crippen LogP contribution < -0.4 is 10.6 Å². The van der Waals surface area contributed by atoms with Gasteiger partial charge in [-0.15, -0.1) is 0 Å². The van der Waals surface area contributed by atoms with Gasteiger partial charge in [0, 0.05) is 27.1 Å². The molecule has 18 heavy (non-hydrogen) atoms. The molecule has 0 saturated carbocycles. The monoisotopic (exact) mass is 277 g/mol. The molecule has 1 heterocycles. The van der Waals surface area contributed by atoms with E-state index in [-0.39, 0.29) is 24.1 Å². The number of likely N-dealkylation sites (N-methyl/N-ethyl adjacent to an activating group) is 1. The first-order chi connectivity index (χ1) is 8.38. The van der Waals surface area contributed by atoms with Crippen molar-refractivity contribution in [2.45, 2.75) is 25.8 Å². The molecular formula is C10H19N3O4S. The maximum Gasteiger partial charge on any atom is 0.238 e. The number of nitrogens with zero attached hydrogens (tertiary/aromatic N) is 1. The normalized spacial score (nSPS) is 20.7. The lowest BCUT2D eigenvalue weighted by Crippen LogP contribution is -2.46. The van der Waals surface area contributed by atoms with E-state index in [1.54, 1.807) is 0 Å². The highest BCUT2D eigenvalue weighted by Gasteiger charge is 2.37. The fourth-order valence-corrected chi connectivity index (χ4v) is 3.57. The number of sulfonamides is 1. The van der Waals surface area contributed by atoms with E-state index in [1.165, 1.54) is 18.3 Å². The van der Waals surface area contributed by atoms with Crippen molar-refractivity contribution >= 4 is 21.8 Å². The molecule has 8 heteroatoms. The molecule has 0 bridgehead atoms. The van der Waals surface area contributed by atoms with Crippen LogP contribution in [0.1, 0.15) is 19.8 Å². The summed E-state index contributed by atoms with van der Waals surface area (Å²) < 4.78 is 25.3. The van der Waals surface area contributed by atoms with E-state index in [4.69, 9.17) is 0 Å². The van der Waals surface area contributed by atoms with Gasteiger partial charge in [-0.2, -0.15) is 4.31 Å². The molecule has 1 aliphatic heterocycles. The van der Waals surface area contributed by atoms with Crippen LogP contribution in [-0.2, 0) is 19.6 Å². The van der Waals surface area contributed by atoms with Crippen LogP contribution in [0.3, 0.4) is 0 Å². The molecule has 1 saturated heterocycles. The molecule has 7 nitrogen and oxygen atoms in total. The van der Waals surface area contributed by atoms with Gasteiger partial charge in [0.25, 0.3) is 0 Å². The third-order valence-electron chi connectivity index (χ3n) is 2.84. The maximum atomic E-state index is 12.0. The van der Waals surface area contributed by atoms with Crippen LogP contribution in [0.5, 0.6) is 0 Å². The van der Waals surface area contributed by atoms with E-state index >= 15 is 0 Å². The van der Waals surface area contributed by atoms with Crippen molar-refractivity contribution < 1.29 is 18.0 Å². The third kappa shape index (κ3) is 3.67. The molecule has 1 rings (SSSR count). The molecule has 0 aromatic heterocycles. The van der Waals surface area contributed by atoms with Crippen molar-refractivity contribution in [3.8, 4) is 0 Å². The second kappa shape index (κ2) is 6.14. The number of hydrogen-bond donors (Lipinski definition) is 2. The van der Waals surface area contributed by atoms with E-state index in [9.17, 15) is 18.0 Å². The molecule has 1 fully saturated rings. The molecule has 0 unspecified atom stereocenters. The topological polar surface area (TPSA) is 95.6 Å². The molecule has 1 aliphatic rings. The maximum absolute atomic E-state index is 12.0. The highest BCUT2D eigenvalue weighted by molar-refractivity contribution is 7.89. The molecule has 2 amide bonds. The van der Waals surface area contributed by atoms with Gasteiger partial charge >= 0.3 is 0 Å². The van der Waals surface area contributed by atoms with Crippen molar-refractivity contribution in [3.63, 3.8) is 0 Å². The minimum Gasteiger partial charge on any atom is -0.358 e. The van der Waals surface area contributed by atoms with Gasteiger partial charge in [-0.3, -0.25) is 9.59 Å². The van der Waals surface area contributed by atoms with Crippen LogP contribution in [0, 0.1) is 0 Å². The standard InChI is InChI=1S/C10H19N3O4S/c1-8(14)12-5-7-18(16,17)13-6-3-4-9(13)10(15)11-2/h9H,3-7H2,1-2H3,(H,11,15)(H,12,14)/t9-/m0/s1. The van der Waals surface area contributed by atoms with Gasteiger partial charge < -0.3 is 10.6 Å². The van der Waals surface area contributed by atoms with Crippen LogP contribution in [0.25, 0.3) is 0 Å². The van der Waals surface area contributed by atoms with Gasteiger partial charge in [0.15, 0.2) is 0 Å². The highest BCUT2D eigenvalue weighted by Crippen LogP contribution is 2.21. The Hall–Kier alpha value is -1.15. The van der Waals surface area contributed by atoms with Crippen LogP contribution >= 0.6 is 0 Å². The minimum atomic E-state index is -3.50. The Bertz CT molecular complexity index is 421. The van der Waals surface area contributed by atoms with Gasteiger partial charge in [0.05, 0.1) is 5.75 Å². The average molecular weight is 277 g/mol. The largest absolute Gasteiger partial charge is 0.358 e. The molecule has 0 aliphatic carbocycles. The van der Waals surface area contributed by atoms with E-state index in [2.05, 4.69) is 10.6 Å². The van der Waals surface area contributed by atoms with Crippen molar-refractivity contribution in [2.75, 3.05) is 25.9 Å². The molecule has 1 atom stereocenters. The van der Waals surface area contributed by atoms with E-state index in [0.717, 1.165) is 0 Å². The Morgan fingerprint density at radius 3 is 2.61 bits per heavy atom. The summed E-state index contributed by atoms with van der Waals surface area (Å²) in [6.07, 6.45) is 1.22. The predicted molar refractivity (Wildman–Crippen MR) is 66.3 cm³/mol. The second-order valence-electron chi connectivity index (χ2n) is 4.18. The summed E-state index contributed by atoms with van der Waals surface area (Å²) in [6.45, 7) is 1.75. The highest BCUT2D eigenvalue weighted by atomic mass is 32.2. The number of hydrogen-bond acceptors (Lipinski definition) is 4. The number of amides is 2. The number of carbonyl (C=O) groups excluding carboxylic acids is 2. The molecule has 0 spiro atoms. The van der Waals surface area contributed by atoms with Gasteiger partial charge in [0.2, 0.25) is 21.8 Å². The number of rotatable bonds is 5. The smallest absolute Gasteiger partial charge is 0.238 e. The first-order valence-electron chi connectivity index (χ1n) is 5.84. The van der Waals surface area contributed by atoms with E-state index in [0.29, 0.717) is 19.4 Å². The first kappa shape index (κ1) is 14.9. The Morgan fingerprint density at radius 2 is 2.06 bits per heavy atom. The zero-order chi connectivity index (χ0) is 13.8. The zero-order valence-corrected chi connectivity index (χ0v) is 11.4. The molecule has 2 N–H and O–H groups in total. The van der Waals surface area contributed by atoms with Gasteiger partial charge in [-0.05, 0) is 12.8 Å². The van der Waals surface area contributed by atoms with Crippen molar-refractivity contribution in [2.24, 2.45) is 0 Å². The summed E-state index contributed by atoms with van der Waals surface area (Å²) in [4.78, 5) is 22.3.